The van der Waals surface area contributed by atoms with Crippen LogP contribution in [0.4, 0.5) is 5.69 Å². The van der Waals surface area contributed by atoms with Gasteiger partial charge in [0.2, 0.25) is 11.8 Å². The molecule has 2 heterocycles. The molecule has 0 fully saturated rings. The van der Waals surface area contributed by atoms with Gasteiger partial charge in [0, 0.05) is 6.92 Å². The highest BCUT2D eigenvalue weighted by atomic mass is 32.2. The SMILES string of the molecule is CCCOc1nc(Sc2nnc(C)o2)ccc1N. The molecule has 96 valence electrons. The summed E-state index contributed by atoms with van der Waals surface area (Å²) < 4.78 is 10.7. The molecule has 0 bridgehead atoms. The van der Waals surface area contributed by atoms with Crippen molar-refractivity contribution in [3.05, 3.63) is 18.0 Å². The van der Waals surface area contributed by atoms with Crippen LogP contribution in [-0.2, 0) is 0 Å². The number of ether oxygens (including phenoxy) is 1. The molecule has 7 heteroatoms. The van der Waals surface area contributed by atoms with Gasteiger partial charge >= 0.3 is 0 Å². The molecule has 2 aromatic rings. The molecule has 6 nitrogen and oxygen atoms in total. The lowest BCUT2D eigenvalue weighted by atomic mass is 10.4. The molecule has 0 saturated carbocycles. The zero-order valence-corrected chi connectivity index (χ0v) is 11.0. The number of hydrogen-bond acceptors (Lipinski definition) is 7. The van der Waals surface area contributed by atoms with E-state index in [0.29, 0.717) is 34.3 Å². The molecular formula is C11H14N4O2S. The van der Waals surface area contributed by atoms with Crippen molar-refractivity contribution >= 4 is 17.4 Å². The van der Waals surface area contributed by atoms with Crippen LogP contribution in [0.25, 0.3) is 0 Å². The molecule has 0 aliphatic heterocycles. The highest BCUT2D eigenvalue weighted by Gasteiger charge is 2.09. The van der Waals surface area contributed by atoms with Gasteiger partial charge in [-0.3, -0.25) is 0 Å². The fourth-order valence-corrected chi connectivity index (χ4v) is 1.90. The van der Waals surface area contributed by atoms with Gasteiger partial charge in [-0.15, -0.1) is 10.2 Å². The maximum Gasteiger partial charge on any atom is 0.282 e. The summed E-state index contributed by atoms with van der Waals surface area (Å²) >= 11 is 1.28. The Kier molecular flexibility index (Phi) is 4.03. The van der Waals surface area contributed by atoms with Gasteiger partial charge in [-0.25, -0.2) is 4.98 Å². The minimum Gasteiger partial charge on any atom is -0.476 e. The van der Waals surface area contributed by atoms with Crippen LogP contribution in [0.5, 0.6) is 5.88 Å². The number of nitrogens with zero attached hydrogens (tertiary/aromatic N) is 3. The Morgan fingerprint density at radius 3 is 2.89 bits per heavy atom. The molecule has 0 amide bonds. The fraction of sp³-hybridized carbons (Fsp3) is 0.364. The molecule has 2 aromatic heterocycles. The number of hydrogen-bond donors (Lipinski definition) is 1. The van der Waals surface area contributed by atoms with Crippen molar-refractivity contribution in [1.82, 2.24) is 15.2 Å². The lowest BCUT2D eigenvalue weighted by molar-refractivity contribution is 0.305. The summed E-state index contributed by atoms with van der Waals surface area (Å²) in [6.07, 6.45) is 0.904. The minimum absolute atomic E-state index is 0.443. The summed E-state index contributed by atoms with van der Waals surface area (Å²) in [5.41, 5.74) is 6.30. The highest BCUT2D eigenvalue weighted by molar-refractivity contribution is 7.99. The van der Waals surface area contributed by atoms with E-state index in [1.54, 1.807) is 19.1 Å². The number of pyridine rings is 1. The van der Waals surface area contributed by atoms with E-state index in [-0.39, 0.29) is 0 Å². The molecule has 0 atom stereocenters. The summed E-state index contributed by atoms with van der Waals surface area (Å²) in [6, 6.07) is 3.54. The van der Waals surface area contributed by atoms with Gasteiger partial charge in [-0.1, -0.05) is 6.92 Å². The van der Waals surface area contributed by atoms with E-state index in [0.717, 1.165) is 6.42 Å². The van der Waals surface area contributed by atoms with Crippen LogP contribution in [0.2, 0.25) is 0 Å². The largest absolute Gasteiger partial charge is 0.476 e. The zero-order chi connectivity index (χ0) is 13.0. The van der Waals surface area contributed by atoms with Gasteiger partial charge in [0.15, 0.2) is 0 Å². The third kappa shape index (κ3) is 3.13. The van der Waals surface area contributed by atoms with Gasteiger partial charge in [0.25, 0.3) is 5.22 Å². The number of aromatic nitrogens is 3. The first kappa shape index (κ1) is 12.7. The van der Waals surface area contributed by atoms with E-state index < -0.39 is 0 Å². The average molecular weight is 266 g/mol. The molecule has 0 aliphatic rings. The van der Waals surface area contributed by atoms with Gasteiger partial charge in [-0.2, -0.15) is 0 Å². The standard InChI is InChI=1S/C11H14N4O2S/c1-3-6-16-10-8(12)4-5-9(13-10)18-11-15-14-7(2)17-11/h4-5H,3,6,12H2,1-2H3. The average Bonchev–Trinajstić information content (AvgIpc) is 2.75. The van der Waals surface area contributed by atoms with E-state index in [2.05, 4.69) is 15.2 Å². The van der Waals surface area contributed by atoms with Gasteiger partial charge in [0.1, 0.15) is 5.03 Å². The van der Waals surface area contributed by atoms with Crippen molar-refractivity contribution in [2.24, 2.45) is 0 Å². The second kappa shape index (κ2) is 5.72. The van der Waals surface area contributed by atoms with Crippen LogP contribution in [0.3, 0.4) is 0 Å². The second-order valence-electron chi connectivity index (χ2n) is 3.58. The highest BCUT2D eigenvalue weighted by Crippen LogP contribution is 2.28. The van der Waals surface area contributed by atoms with E-state index in [4.69, 9.17) is 14.9 Å². The Labute approximate surface area is 109 Å². The zero-order valence-electron chi connectivity index (χ0n) is 10.2. The summed E-state index contributed by atoms with van der Waals surface area (Å²) in [4.78, 5) is 4.30. The monoisotopic (exact) mass is 266 g/mol. The number of aryl methyl sites for hydroxylation is 1. The third-order valence-electron chi connectivity index (χ3n) is 2.01. The summed E-state index contributed by atoms with van der Waals surface area (Å²) in [5.74, 6) is 0.966. The minimum atomic E-state index is 0.443. The summed E-state index contributed by atoms with van der Waals surface area (Å²) in [7, 11) is 0. The molecule has 0 aromatic carbocycles. The number of anilines is 1. The molecule has 0 radical (unpaired) electrons. The van der Waals surface area contributed by atoms with E-state index in [1.807, 2.05) is 6.92 Å². The van der Waals surface area contributed by atoms with Crippen molar-refractivity contribution in [3.8, 4) is 5.88 Å². The maximum atomic E-state index is 5.78. The number of nitrogen functional groups attached to an aromatic ring is 1. The molecule has 0 saturated heterocycles. The Balaban J connectivity index is 2.13. The molecule has 0 aliphatic carbocycles. The van der Waals surface area contributed by atoms with E-state index in [1.165, 1.54) is 11.8 Å². The number of nitrogens with two attached hydrogens (primary N) is 1. The smallest absolute Gasteiger partial charge is 0.282 e. The van der Waals surface area contributed by atoms with Gasteiger partial charge in [-0.05, 0) is 30.3 Å². The summed E-state index contributed by atoms with van der Waals surface area (Å²) in [6.45, 7) is 4.35. The van der Waals surface area contributed by atoms with Crippen molar-refractivity contribution < 1.29 is 9.15 Å². The van der Waals surface area contributed by atoms with E-state index >= 15 is 0 Å². The molecule has 0 spiro atoms. The van der Waals surface area contributed by atoms with Crippen molar-refractivity contribution in [1.29, 1.82) is 0 Å². The van der Waals surface area contributed by atoms with Crippen LogP contribution in [0.1, 0.15) is 19.2 Å². The van der Waals surface area contributed by atoms with Crippen LogP contribution in [0.15, 0.2) is 26.8 Å². The first-order valence-corrected chi connectivity index (χ1v) is 6.38. The Morgan fingerprint density at radius 2 is 2.22 bits per heavy atom. The van der Waals surface area contributed by atoms with Crippen LogP contribution >= 0.6 is 11.8 Å². The maximum absolute atomic E-state index is 5.78. The van der Waals surface area contributed by atoms with Crippen LogP contribution in [0, 0.1) is 6.92 Å². The Hall–Kier alpha value is -1.76. The lowest BCUT2D eigenvalue weighted by Gasteiger charge is -2.07. The van der Waals surface area contributed by atoms with Gasteiger partial charge in [0.05, 0.1) is 12.3 Å². The summed E-state index contributed by atoms with van der Waals surface area (Å²) in [5, 5.41) is 8.80. The lowest BCUT2D eigenvalue weighted by Crippen LogP contribution is -2.01. The Bertz CT molecular complexity index is 530. The topological polar surface area (TPSA) is 87.1 Å². The molecule has 18 heavy (non-hydrogen) atoms. The van der Waals surface area contributed by atoms with Crippen LogP contribution in [-0.4, -0.2) is 21.8 Å². The second-order valence-corrected chi connectivity index (χ2v) is 4.55. The van der Waals surface area contributed by atoms with Crippen molar-refractivity contribution in [3.63, 3.8) is 0 Å². The molecule has 2 N–H and O–H groups in total. The Morgan fingerprint density at radius 1 is 1.39 bits per heavy atom. The van der Waals surface area contributed by atoms with E-state index in [9.17, 15) is 0 Å². The number of rotatable bonds is 5. The molecule has 2 rings (SSSR count). The first-order valence-electron chi connectivity index (χ1n) is 5.56. The predicted octanol–water partition coefficient (Wildman–Crippen LogP) is 2.30. The predicted molar refractivity (Wildman–Crippen MR) is 67.6 cm³/mol. The quantitative estimate of drug-likeness (QED) is 0.888. The fourth-order valence-electron chi connectivity index (χ4n) is 1.21. The van der Waals surface area contributed by atoms with Crippen LogP contribution < -0.4 is 10.5 Å². The van der Waals surface area contributed by atoms with Gasteiger partial charge < -0.3 is 14.9 Å². The third-order valence-corrected chi connectivity index (χ3v) is 2.78. The molecule has 0 unspecified atom stereocenters. The first-order chi connectivity index (χ1) is 8.69. The normalized spacial score (nSPS) is 10.6. The van der Waals surface area contributed by atoms with Crippen molar-refractivity contribution in [2.45, 2.75) is 30.5 Å². The molecular weight excluding hydrogens is 252 g/mol. The van der Waals surface area contributed by atoms with Crippen molar-refractivity contribution in [2.75, 3.05) is 12.3 Å².